The van der Waals surface area contributed by atoms with Crippen molar-refractivity contribution in [1.82, 2.24) is 9.80 Å². The Hall–Kier alpha value is -1.54. The minimum absolute atomic E-state index is 0.000611. The number of carbonyl (C=O) groups is 3. The van der Waals surface area contributed by atoms with Gasteiger partial charge in [0, 0.05) is 17.8 Å². The maximum absolute atomic E-state index is 14.5. The summed E-state index contributed by atoms with van der Waals surface area (Å²) in [5, 5.41) is 10.4. The van der Waals surface area contributed by atoms with Gasteiger partial charge in [-0.25, -0.2) is 0 Å². The molecule has 3 aliphatic heterocycles. The van der Waals surface area contributed by atoms with Gasteiger partial charge in [0.25, 0.3) is 0 Å². The number of esters is 1. The highest BCUT2D eigenvalue weighted by molar-refractivity contribution is 8.02. The number of fused-ring (bicyclic) bond motifs is 1. The summed E-state index contributed by atoms with van der Waals surface area (Å²) in [6, 6.07) is -0.980. The molecule has 2 bridgehead atoms. The van der Waals surface area contributed by atoms with E-state index in [4.69, 9.17) is 4.74 Å². The Kier molecular flexibility index (Phi) is 8.21. The molecule has 3 heterocycles. The standard InChI is InChI=1S/C27H42N2O5S/c1-5-14-28(18-10-8-7-9-11-18)25(32)23-27-13-12-20(35-27)21(26(33)34-6-2)22(27)24(31)29(23)19(16-30)15-17(3)4/h5,17-23,30H,1,6-16H2,2-4H3/t19-,20-,21+,22+,23?,27?/m1/s1. The molecule has 4 aliphatic rings. The molecule has 1 aliphatic carbocycles. The summed E-state index contributed by atoms with van der Waals surface area (Å²) in [6.07, 6.45) is 9.23. The van der Waals surface area contributed by atoms with Gasteiger partial charge in [-0.1, -0.05) is 39.2 Å². The van der Waals surface area contributed by atoms with E-state index < -0.39 is 28.7 Å². The van der Waals surface area contributed by atoms with Gasteiger partial charge in [0.15, 0.2) is 0 Å². The molecule has 1 spiro atoms. The van der Waals surface area contributed by atoms with Gasteiger partial charge in [0.2, 0.25) is 11.8 Å². The Morgan fingerprint density at radius 3 is 2.60 bits per heavy atom. The van der Waals surface area contributed by atoms with Gasteiger partial charge in [0.1, 0.15) is 6.04 Å². The lowest BCUT2D eigenvalue weighted by molar-refractivity contribution is -0.154. The van der Waals surface area contributed by atoms with Crippen LogP contribution in [0.15, 0.2) is 12.7 Å². The molecule has 3 saturated heterocycles. The van der Waals surface area contributed by atoms with Gasteiger partial charge in [0.05, 0.1) is 35.8 Å². The van der Waals surface area contributed by atoms with Crippen LogP contribution in [0.5, 0.6) is 0 Å². The third kappa shape index (κ3) is 4.54. The summed E-state index contributed by atoms with van der Waals surface area (Å²) in [7, 11) is 0. The lowest BCUT2D eigenvalue weighted by Crippen LogP contribution is -2.59. The minimum Gasteiger partial charge on any atom is -0.466 e. The second-order valence-electron chi connectivity index (χ2n) is 11.1. The normalized spacial score (nSPS) is 33.2. The average Bonchev–Trinajstić information content (AvgIpc) is 3.48. The molecule has 196 valence electrons. The maximum Gasteiger partial charge on any atom is 0.310 e. The molecular formula is C27H42N2O5S. The number of amides is 2. The smallest absolute Gasteiger partial charge is 0.310 e. The molecule has 6 atom stereocenters. The van der Waals surface area contributed by atoms with Crippen molar-refractivity contribution >= 4 is 29.5 Å². The highest BCUT2D eigenvalue weighted by Crippen LogP contribution is 2.67. The Morgan fingerprint density at radius 2 is 2.00 bits per heavy atom. The highest BCUT2D eigenvalue weighted by atomic mass is 32.2. The number of thioether (sulfide) groups is 1. The van der Waals surface area contributed by atoms with Gasteiger partial charge in [-0.2, -0.15) is 0 Å². The Bertz CT molecular complexity index is 828. The van der Waals surface area contributed by atoms with Crippen molar-refractivity contribution in [1.29, 1.82) is 0 Å². The van der Waals surface area contributed by atoms with E-state index in [1.807, 2.05) is 4.90 Å². The molecule has 1 saturated carbocycles. The number of likely N-dealkylation sites (tertiary alicyclic amines) is 1. The first kappa shape index (κ1) is 26.5. The Balaban J connectivity index is 1.76. The van der Waals surface area contributed by atoms with Crippen LogP contribution in [0.25, 0.3) is 0 Å². The molecule has 35 heavy (non-hydrogen) atoms. The van der Waals surface area contributed by atoms with Crippen LogP contribution < -0.4 is 0 Å². The lowest BCUT2D eigenvalue weighted by Gasteiger charge is -2.42. The summed E-state index contributed by atoms with van der Waals surface area (Å²) in [5.41, 5.74) is 0. The molecule has 2 unspecified atom stereocenters. The van der Waals surface area contributed by atoms with E-state index in [1.165, 1.54) is 6.42 Å². The van der Waals surface area contributed by atoms with Gasteiger partial charge in [-0.15, -0.1) is 18.3 Å². The van der Waals surface area contributed by atoms with E-state index in [-0.39, 0.29) is 48.2 Å². The molecule has 0 aromatic heterocycles. The summed E-state index contributed by atoms with van der Waals surface area (Å²) < 4.78 is 4.77. The van der Waals surface area contributed by atoms with Crippen LogP contribution in [0.1, 0.15) is 72.1 Å². The first-order valence-electron chi connectivity index (χ1n) is 13.5. The number of hydrogen-bond acceptors (Lipinski definition) is 6. The van der Waals surface area contributed by atoms with Crippen molar-refractivity contribution in [3.63, 3.8) is 0 Å². The number of aliphatic hydroxyl groups is 1. The fourth-order valence-electron chi connectivity index (χ4n) is 7.20. The second kappa shape index (κ2) is 10.8. The summed E-state index contributed by atoms with van der Waals surface area (Å²) in [6.45, 7) is 10.4. The maximum atomic E-state index is 14.5. The zero-order valence-corrected chi connectivity index (χ0v) is 22.3. The van der Waals surface area contributed by atoms with Crippen molar-refractivity contribution in [3.8, 4) is 0 Å². The number of carbonyl (C=O) groups excluding carboxylic acids is 3. The van der Waals surface area contributed by atoms with Crippen molar-refractivity contribution in [2.75, 3.05) is 19.8 Å². The SMILES string of the molecule is C=CCN(C(=O)C1N([C@@H](CO)CC(C)C)C(=O)[C@@H]2[C@@H](C(=O)OCC)[C@H]3CCC12S3)C1CCCCC1. The number of rotatable bonds is 10. The predicted octanol–water partition coefficient (Wildman–Crippen LogP) is 3.40. The molecule has 7 nitrogen and oxygen atoms in total. The molecule has 0 aromatic carbocycles. The van der Waals surface area contributed by atoms with Gasteiger partial charge < -0.3 is 19.6 Å². The fraction of sp³-hybridized carbons (Fsp3) is 0.815. The lowest BCUT2D eigenvalue weighted by atomic mass is 9.71. The van der Waals surface area contributed by atoms with E-state index >= 15 is 0 Å². The van der Waals surface area contributed by atoms with Crippen LogP contribution in [0.3, 0.4) is 0 Å². The molecule has 0 aromatic rings. The zero-order valence-electron chi connectivity index (χ0n) is 21.5. The molecular weight excluding hydrogens is 464 g/mol. The minimum atomic E-state index is -0.674. The first-order chi connectivity index (χ1) is 16.8. The summed E-state index contributed by atoms with van der Waals surface area (Å²) >= 11 is 1.67. The fourth-order valence-corrected chi connectivity index (χ4v) is 9.39. The zero-order chi connectivity index (χ0) is 25.3. The van der Waals surface area contributed by atoms with Crippen molar-refractivity contribution in [3.05, 3.63) is 12.7 Å². The van der Waals surface area contributed by atoms with E-state index in [2.05, 4.69) is 20.4 Å². The van der Waals surface area contributed by atoms with E-state index in [0.29, 0.717) is 13.0 Å². The van der Waals surface area contributed by atoms with Crippen LogP contribution in [-0.4, -0.2) is 80.6 Å². The van der Waals surface area contributed by atoms with E-state index in [0.717, 1.165) is 38.5 Å². The third-order valence-corrected chi connectivity index (χ3v) is 10.5. The molecule has 0 radical (unpaired) electrons. The number of hydrogen-bond donors (Lipinski definition) is 1. The quantitative estimate of drug-likeness (QED) is 0.361. The molecule has 1 N–H and O–H groups in total. The van der Waals surface area contributed by atoms with E-state index in [1.54, 1.807) is 29.7 Å². The summed E-state index contributed by atoms with van der Waals surface area (Å²) in [5.74, 6) is -1.36. The van der Waals surface area contributed by atoms with Crippen LogP contribution >= 0.6 is 11.8 Å². The molecule has 4 fully saturated rings. The van der Waals surface area contributed by atoms with Gasteiger partial charge in [-0.3, -0.25) is 14.4 Å². The molecule has 4 rings (SSSR count). The predicted molar refractivity (Wildman–Crippen MR) is 137 cm³/mol. The Morgan fingerprint density at radius 1 is 1.29 bits per heavy atom. The van der Waals surface area contributed by atoms with Crippen molar-refractivity contribution < 1.29 is 24.2 Å². The summed E-state index contributed by atoms with van der Waals surface area (Å²) in [4.78, 5) is 45.3. The highest BCUT2D eigenvalue weighted by Gasteiger charge is 2.74. The van der Waals surface area contributed by atoms with E-state index in [9.17, 15) is 19.5 Å². The van der Waals surface area contributed by atoms with Crippen LogP contribution in [-0.2, 0) is 19.1 Å². The Labute approximate surface area is 214 Å². The van der Waals surface area contributed by atoms with Crippen LogP contribution in [0.2, 0.25) is 0 Å². The first-order valence-corrected chi connectivity index (χ1v) is 14.4. The number of aliphatic hydroxyl groups excluding tert-OH is 1. The van der Waals surface area contributed by atoms with Crippen LogP contribution in [0, 0.1) is 17.8 Å². The monoisotopic (exact) mass is 506 g/mol. The molecule has 2 amide bonds. The van der Waals surface area contributed by atoms with Gasteiger partial charge >= 0.3 is 5.97 Å². The third-order valence-electron chi connectivity index (χ3n) is 8.50. The average molecular weight is 507 g/mol. The van der Waals surface area contributed by atoms with Crippen molar-refractivity contribution in [2.24, 2.45) is 17.8 Å². The molecule has 8 heteroatoms. The van der Waals surface area contributed by atoms with Crippen molar-refractivity contribution in [2.45, 2.75) is 100 Å². The van der Waals surface area contributed by atoms with Gasteiger partial charge in [-0.05, 0) is 44.9 Å². The number of nitrogens with zero attached hydrogens (tertiary/aromatic N) is 2. The number of ether oxygens (including phenoxy) is 1. The largest absolute Gasteiger partial charge is 0.466 e. The topological polar surface area (TPSA) is 87.2 Å². The van der Waals surface area contributed by atoms with Crippen LogP contribution in [0.4, 0.5) is 0 Å². The second-order valence-corrected chi connectivity index (χ2v) is 12.7.